The van der Waals surface area contributed by atoms with Gasteiger partial charge < -0.3 is 123 Å². The van der Waals surface area contributed by atoms with E-state index in [4.69, 9.17) is 158 Å². The minimum atomic E-state index is 0. The molecule has 80 heteroatoms. The van der Waals surface area contributed by atoms with E-state index in [9.17, 15) is 0 Å². The second kappa shape index (κ2) is 1820. The number of nitrogens with zero attached hydrogens (tertiary/aromatic N) is 30. The van der Waals surface area contributed by atoms with Crippen LogP contribution in [0.3, 0.4) is 0 Å². The van der Waals surface area contributed by atoms with E-state index >= 15 is 0 Å². The second-order valence-electron chi connectivity index (χ2n) is 3.00. The maximum atomic E-state index is 7.18. The molecule has 0 rings (SSSR count). The number of thiol groups is 30. The summed E-state index contributed by atoms with van der Waals surface area (Å²) in [6.45, 7) is 0. The predicted molar refractivity (Wildman–Crippen MR) is 538 cm³/mol. The zero-order chi connectivity index (χ0) is 81.2. The van der Waals surface area contributed by atoms with Crippen LogP contribution in [-0.2, 0) is 0 Å². The van der Waals surface area contributed by atoms with Crippen LogP contribution >= 0.6 is 379 Å². The van der Waals surface area contributed by atoms with Crippen molar-refractivity contribution in [2.75, 3.05) is 0 Å². The standard InChI is InChI=1S/30CHNS.20H3N/c30*2-1-3;;;;;;;;;;;;;;;;;;;;/h30*3H;20*1H3. The van der Waals surface area contributed by atoms with Gasteiger partial charge in [-0.1, -0.05) is 379 Å². The van der Waals surface area contributed by atoms with Crippen LogP contribution in [0.2, 0.25) is 0 Å². The van der Waals surface area contributed by atoms with Crippen molar-refractivity contribution in [1.82, 2.24) is 123 Å². The van der Waals surface area contributed by atoms with Gasteiger partial charge >= 0.3 is 0 Å². The average Bonchev–Trinajstić information content (AvgIpc) is 3.41. The van der Waals surface area contributed by atoms with Crippen molar-refractivity contribution in [2.24, 2.45) is 0 Å². The minimum absolute atomic E-state index is 0. The fourth-order valence-corrected chi connectivity index (χ4v) is 0. The highest BCUT2D eigenvalue weighted by molar-refractivity contribution is 7.89. The lowest BCUT2D eigenvalue weighted by Gasteiger charge is -1.14. The summed E-state index contributed by atoms with van der Waals surface area (Å²) in [5, 5.41) is 259. The van der Waals surface area contributed by atoms with Gasteiger partial charge in [-0.05, 0) is 0 Å². The number of nitriles is 30. The smallest absolute Gasteiger partial charge is 0.130 e. The third-order valence-corrected chi connectivity index (χ3v) is 0. The molecule has 0 fully saturated rings. The van der Waals surface area contributed by atoms with E-state index in [1.54, 1.807) is 0 Å². The molecular formula is C30H90N50S30. The molecule has 0 aliphatic carbocycles. The van der Waals surface area contributed by atoms with Crippen LogP contribution in [0, 0.1) is 320 Å². The average molecular weight is 2110 g/mol. The predicted octanol–water partition coefficient (Wildman–Crippen LogP) is 15.2. The molecular weight excluding hydrogens is 2020 g/mol. The van der Waals surface area contributed by atoms with Crippen molar-refractivity contribution in [2.45, 2.75) is 0 Å². The second-order valence-corrected chi connectivity index (χ2v) is 9.00. The first-order chi connectivity index (χ1) is 42.4. The van der Waals surface area contributed by atoms with Crippen molar-refractivity contribution in [1.29, 1.82) is 158 Å². The number of hydrogen-bond donors (Lipinski definition) is 50. The number of thiocyanates is 30. The van der Waals surface area contributed by atoms with E-state index in [0.29, 0.717) is 0 Å². The Morgan fingerprint density at radius 1 is 0.0636 bits per heavy atom. The van der Waals surface area contributed by atoms with Gasteiger partial charge in [-0.25, -0.2) is 0 Å². The maximum Gasteiger partial charge on any atom is 0.130 e. The lowest BCUT2D eigenvalue weighted by molar-refractivity contribution is 1.57. The van der Waals surface area contributed by atoms with Gasteiger partial charge in [-0.2, -0.15) is 158 Å². The van der Waals surface area contributed by atoms with Crippen molar-refractivity contribution in [3.05, 3.63) is 0 Å². The SMILES string of the molecule is N.N.N.N.N.N.N.N.N.N.N.N.N.N.N.N.N.N.N.N.N#CS.N#CS.N#CS.N#CS.N#CS.N#CS.N#CS.N#CS.N#CS.N#CS.N#CS.N#CS.N#CS.N#CS.N#CS.N#CS.N#CS.N#CS.N#CS.N#CS.N#CS.N#CS.N#CS.N#CS.N#CS.N#CS.N#CS.N#CS.N#CS.N#CS. The molecule has 0 heterocycles. The van der Waals surface area contributed by atoms with E-state index in [2.05, 4.69) is 379 Å². The Hall–Kier alpha value is -5.60. The molecule has 0 aromatic rings. The quantitative estimate of drug-likeness (QED) is 0.0791. The van der Waals surface area contributed by atoms with Crippen LogP contribution in [0.4, 0.5) is 0 Å². The summed E-state index contributed by atoms with van der Waals surface area (Å²) in [5.41, 5.74) is 0. The van der Waals surface area contributed by atoms with Gasteiger partial charge in [0.15, 0.2) is 0 Å². The van der Waals surface area contributed by atoms with E-state index in [-0.39, 0.29) is 123 Å². The van der Waals surface area contributed by atoms with Crippen LogP contribution in [-0.4, -0.2) is 0 Å². The largest absolute Gasteiger partial charge is 0.344 e. The highest BCUT2D eigenvalue weighted by atomic mass is 32.1. The van der Waals surface area contributed by atoms with Crippen LogP contribution in [0.15, 0.2) is 0 Å². The summed E-state index contributed by atoms with van der Waals surface area (Å²) in [6.07, 6.45) is 0. The van der Waals surface area contributed by atoms with Crippen LogP contribution in [0.25, 0.3) is 0 Å². The first-order valence-corrected chi connectivity index (χ1v) is 26.8. The number of rotatable bonds is 0. The molecule has 0 unspecified atom stereocenters. The van der Waals surface area contributed by atoms with Crippen molar-refractivity contribution >= 4 is 379 Å². The lowest BCUT2D eigenvalue weighted by Crippen LogP contribution is -0.961. The van der Waals surface area contributed by atoms with Crippen LogP contribution in [0.5, 0.6) is 0 Å². The summed E-state index contributed by atoms with van der Waals surface area (Å²) in [5.74, 6) is 0. The van der Waals surface area contributed by atoms with Gasteiger partial charge in [0.05, 0.1) is 0 Å². The Morgan fingerprint density at radius 3 is 0.0636 bits per heavy atom. The van der Waals surface area contributed by atoms with Gasteiger partial charge in [0, 0.05) is 0 Å². The zero-order valence-corrected chi connectivity index (χ0v) is 82.8. The Kier molecular flexibility index (Phi) is 6240. The molecule has 0 aromatic carbocycles. The first kappa shape index (κ1) is 377. The molecule has 640 valence electrons. The summed E-state index contributed by atoms with van der Waals surface area (Å²) in [7, 11) is 0. The molecule has 0 radical (unpaired) electrons. The molecule has 50 nitrogen and oxygen atoms in total. The number of hydrogen-bond acceptors (Lipinski definition) is 80. The van der Waals surface area contributed by atoms with Gasteiger partial charge in [-0.3, -0.25) is 0 Å². The van der Waals surface area contributed by atoms with Gasteiger partial charge in [0.25, 0.3) is 0 Å². The van der Waals surface area contributed by atoms with Gasteiger partial charge in [-0.15, -0.1) is 0 Å². The Morgan fingerprint density at radius 2 is 0.0636 bits per heavy atom. The Labute approximate surface area is 812 Å². The summed E-state index contributed by atoms with van der Waals surface area (Å²) >= 11 is 92.8. The molecule has 0 aliphatic heterocycles. The summed E-state index contributed by atoms with van der Waals surface area (Å²) in [6, 6.07) is 0. The Bertz CT molecular complexity index is 1700. The first-order valence-electron chi connectivity index (χ1n) is 13.4. The molecule has 0 aromatic heterocycles. The van der Waals surface area contributed by atoms with Gasteiger partial charge in [0.1, 0.15) is 162 Å². The molecule has 0 saturated heterocycles. The summed E-state index contributed by atoms with van der Waals surface area (Å²) < 4.78 is 0. The maximum absolute atomic E-state index is 7.18. The summed E-state index contributed by atoms with van der Waals surface area (Å²) in [4.78, 5) is 0. The molecule has 0 atom stereocenters. The van der Waals surface area contributed by atoms with Crippen LogP contribution < -0.4 is 123 Å². The molecule has 110 heavy (non-hydrogen) atoms. The molecule has 0 amide bonds. The van der Waals surface area contributed by atoms with Crippen molar-refractivity contribution in [3.63, 3.8) is 0 Å². The van der Waals surface area contributed by atoms with E-state index in [1.165, 1.54) is 162 Å². The molecule has 60 N–H and O–H groups in total. The minimum Gasteiger partial charge on any atom is -0.344 e. The monoisotopic (exact) mass is 2110 g/mol. The van der Waals surface area contributed by atoms with E-state index in [1.807, 2.05) is 0 Å². The zero-order valence-electron chi connectivity index (χ0n) is 56.0. The molecule has 0 spiro atoms. The third kappa shape index (κ3) is 33600. The van der Waals surface area contributed by atoms with Gasteiger partial charge in [0.2, 0.25) is 0 Å². The topological polar surface area (TPSA) is 1410 Å². The Balaban J connectivity index is -0.00000000701. The van der Waals surface area contributed by atoms with Crippen LogP contribution in [0.1, 0.15) is 0 Å². The van der Waals surface area contributed by atoms with Crippen molar-refractivity contribution in [3.8, 4) is 162 Å². The highest BCUT2D eigenvalue weighted by Gasteiger charge is 1.26. The van der Waals surface area contributed by atoms with Crippen molar-refractivity contribution < 1.29 is 0 Å². The molecule has 0 aliphatic rings. The molecule has 0 saturated carbocycles. The fraction of sp³-hybridized carbons (Fsp3) is 0. The lowest BCUT2D eigenvalue weighted by atomic mass is 11.8. The van der Waals surface area contributed by atoms with E-state index < -0.39 is 0 Å². The molecule has 0 bridgehead atoms. The highest BCUT2D eigenvalue weighted by Crippen LogP contribution is 1.54. The fourth-order valence-electron chi connectivity index (χ4n) is 0. The van der Waals surface area contributed by atoms with E-state index in [0.717, 1.165) is 0 Å². The third-order valence-electron chi connectivity index (χ3n) is 0. The normalized spacial score (nSPS) is 2.18.